The molecular formula is C46H88NO7+. The molecule has 1 N–H and O–H groups in total. The summed E-state index contributed by atoms with van der Waals surface area (Å²) in [7, 11) is 5.52. The standard InChI is InChI=1S/C46H87NO7/c1-6-8-10-12-14-16-17-18-19-20-21-22-23-24-25-26-27-28-29-31-32-34-36-44(48)53-41-42(40-52-39-38-43(46(50)51)47(3,4)5)54-45(49)37-35-33-30-15-13-11-9-7-2/h23-24,42-43H,6-22,25-41H2,1-5H3/p+1/b24-23+. The molecule has 0 saturated heterocycles. The highest BCUT2D eigenvalue weighted by Crippen LogP contribution is 2.15. The number of rotatable bonds is 41. The number of esters is 2. The van der Waals surface area contributed by atoms with E-state index in [0.29, 0.717) is 19.3 Å². The molecule has 0 aromatic rings. The minimum Gasteiger partial charge on any atom is -0.477 e. The number of allylic oxidation sites excluding steroid dienone is 2. The lowest BCUT2D eigenvalue weighted by Crippen LogP contribution is -2.50. The van der Waals surface area contributed by atoms with Gasteiger partial charge < -0.3 is 23.8 Å². The fraction of sp³-hybridized carbons (Fsp3) is 0.891. The van der Waals surface area contributed by atoms with E-state index in [2.05, 4.69) is 26.0 Å². The van der Waals surface area contributed by atoms with E-state index in [1.165, 1.54) is 141 Å². The van der Waals surface area contributed by atoms with Gasteiger partial charge in [0.25, 0.3) is 0 Å². The van der Waals surface area contributed by atoms with Crippen molar-refractivity contribution in [1.29, 1.82) is 0 Å². The Morgan fingerprint density at radius 2 is 0.926 bits per heavy atom. The molecule has 0 heterocycles. The molecule has 0 bridgehead atoms. The molecule has 0 radical (unpaired) electrons. The second-order valence-electron chi connectivity index (χ2n) is 16.7. The van der Waals surface area contributed by atoms with Crippen LogP contribution in [0, 0.1) is 0 Å². The fourth-order valence-electron chi connectivity index (χ4n) is 6.85. The summed E-state index contributed by atoms with van der Waals surface area (Å²) in [5.41, 5.74) is 0. The maximum atomic E-state index is 12.6. The zero-order chi connectivity index (χ0) is 40.0. The largest absolute Gasteiger partial charge is 0.477 e. The second-order valence-corrected chi connectivity index (χ2v) is 16.7. The fourth-order valence-corrected chi connectivity index (χ4v) is 6.85. The van der Waals surface area contributed by atoms with Gasteiger partial charge in [-0.25, -0.2) is 4.79 Å². The van der Waals surface area contributed by atoms with Gasteiger partial charge in [-0.15, -0.1) is 0 Å². The molecule has 2 unspecified atom stereocenters. The van der Waals surface area contributed by atoms with Crippen molar-refractivity contribution in [3.63, 3.8) is 0 Å². The summed E-state index contributed by atoms with van der Waals surface area (Å²) >= 11 is 0. The number of aliphatic carboxylic acids is 1. The molecule has 0 aliphatic rings. The number of hydrogen-bond acceptors (Lipinski definition) is 6. The number of nitrogens with zero attached hydrogens (tertiary/aromatic N) is 1. The van der Waals surface area contributed by atoms with Crippen molar-refractivity contribution in [3.8, 4) is 0 Å². The first-order valence-corrected chi connectivity index (χ1v) is 22.7. The van der Waals surface area contributed by atoms with Crippen LogP contribution in [0.4, 0.5) is 0 Å². The van der Waals surface area contributed by atoms with E-state index >= 15 is 0 Å². The predicted octanol–water partition coefficient (Wildman–Crippen LogP) is 12.3. The van der Waals surface area contributed by atoms with Gasteiger partial charge in [0.15, 0.2) is 12.1 Å². The molecule has 0 rings (SSSR count). The minimum absolute atomic E-state index is 0.0482. The van der Waals surface area contributed by atoms with Gasteiger partial charge in [-0.2, -0.15) is 0 Å². The zero-order valence-corrected chi connectivity index (χ0v) is 36.2. The Morgan fingerprint density at radius 3 is 1.33 bits per heavy atom. The first-order chi connectivity index (χ1) is 26.1. The highest BCUT2D eigenvalue weighted by atomic mass is 16.6. The third-order valence-corrected chi connectivity index (χ3v) is 10.4. The van der Waals surface area contributed by atoms with Crippen molar-refractivity contribution in [1.82, 2.24) is 0 Å². The molecule has 0 saturated carbocycles. The van der Waals surface area contributed by atoms with Crippen LogP contribution in [0.1, 0.15) is 213 Å². The van der Waals surface area contributed by atoms with Crippen LogP contribution in [-0.2, 0) is 28.6 Å². The van der Waals surface area contributed by atoms with E-state index < -0.39 is 18.1 Å². The van der Waals surface area contributed by atoms with Gasteiger partial charge in [0, 0.05) is 19.3 Å². The lowest BCUT2D eigenvalue weighted by molar-refractivity contribution is -0.887. The maximum absolute atomic E-state index is 12.6. The Bertz CT molecular complexity index is 900. The van der Waals surface area contributed by atoms with E-state index in [1.807, 2.05) is 21.1 Å². The molecule has 0 spiro atoms. The first-order valence-electron chi connectivity index (χ1n) is 22.7. The Kier molecular flexibility index (Phi) is 36.6. The average molecular weight is 767 g/mol. The number of ether oxygens (including phenoxy) is 3. The third-order valence-electron chi connectivity index (χ3n) is 10.4. The Balaban J connectivity index is 4.13. The summed E-state index contributed by atoms with van der Waals surface area (Å²) in [6.07, 6.45) is 39.9. The van der Waals surface area contributed by atoms with Gasteiger partial charge in [0.2, 0.25) is 0 Å². The number of carboxylic acids is 1. The third kappa shape index (κ3) is 35.8. The van der Waals surface area contributed by atoms with Crippen LogP contribution in [0.3, 0.4) is 0 Å². The summed E-state index contributed by atoms with van der Waals surface area (Å²) in [5.74, 6) is -1.47. The van der Waals surface area contributed by atoms with Crippen molar-refractivity contribution in [2.75, 3.05) is 41.0 Å². The number of carbonyl (C=O) groups is 3. The van der Waals surface area contributed by atoms with Crippen LogP contribution in [0.5, 0.6) is 0 Å². The summed E-state index contributed by atoms with van der Waals surface area (Å²) in [6, 6.07) is -0.609. The predicted molar refractivity (Wildman–Crippen MR) is 225 cm³/mol. The van der Waals surface area contributed by atoms with E-state index in [9.17, 15) is 19.5 Å². The molecule has 2 atom stereocenters. The number of likely N-dealkylation sites (N-methyl/N-ethyl adjacent to an activating group) is 1. The number of unbranched alkanes of at least 4 members (excludes halogenated alkanes) is 25. The van der Waals surface area contributed by atoms with Crippen molar-refractivity contribution in [2.24, 2.45) is 0 Å². The van der Waals surface area contributed by atoms with E-state index in [4.69, 9.17) is 14.2 Å². The molecule has 318 valence electrons. The highest BCUT2D eigenvalue weighted by molar-refractivity contribution is 5.72. The smallest absolute Gasteiger partial charge is 0.362 e. The molecule has 8 heteroatoms. The topological polar surface area (TPSA) is 99.1 Å². The van der Waals surface area contributed by atoms with Crippen molar-refractivity contribution in [2.45, 2.75) is 225 Å². The van der Waals surface area contributed by atoms with Gasteiger partial charge in [0.05, 0.1) is 34.4 Å². The molecule has 8 nitrogen and oxygen atoms in total. The quantitative estimate of drug-likeness (QED) is 0.0286. The summed E-state index contributed by atoms with van der Waals surface area (Å²) < 4.78 is 17.2. The molecule has 0 aliphatic carbocycles. The van der Waals surface area contributed by atoms with Crippen molar-refractivity contribution in [3.05, 3.63) is 12.2 Å². The SMILES string of the molecule is CCCCCCCCCCCCC/C=C/CCCCCCCCCC(=O)OCC(COCCC(C(=O)O)[N+](C)(C)C)OC(=O)CCCCCCCCCC. The zero-order valence-electron chi connectivity index (χ0n) is 36.2. The van der Waals surface area contributed by atoms with Gasteiger partial charge in [-0.1, -0.05) is 167 Å². The van der Waals surface area contributed by atoms with Crippen molar-refractivity contribution >= 4 is 17.9 Å². The summed E-state index contributed by atoms with van der Waals surface area (Å²) in [5, 5.41) is 9.59. The number of carbonyl (C=O) groups excluding carboxylic acids is 2. The molecule has 0 fully saturated rings. The lowest BCUT2D eigenvalue weighted by atomic mass is 10.0. The number of hydrogen-bond donors (Lipinski definition) is 1. The molecule has 0 amide bonds. The maximum Gasteiger partial charge on any atom is 0.362 e. The van der Waals surface area contributed by atoms with Crippen LogP contribution >= 0.6 is 0 Å². The van der Waals surface area contributed by atoms with Crippen LogP contribution in [-0.4, -0.2) is 80.6 Å². The minimum atomic E-state index is -0.874. The van der Waals surface area contributed by atoms with Crippen molar-refractivity contribution < 1.29 is 38.2 Å². The van der Waals surface area contributed by atoms with E-state index in [-0.39, 0.29) is 36.2 Å². The van der Waals surface area contributed by atoms with E-state index in [1.54, 1.807) is 0 Å². The highest BCUT2D eigenvalue weighted by Gasteiger charge is 2.31. The first kappa shape index (κ1) is 52.1. The van der Waals surface area contributed by atoms with Gasteiger partial charge in [0.1, 0.15) is 6.61 Å². The number of quaternary nitrogens is 1. The van der Waals surface area contributed by atoms with Gasteiger partial charge >= 0.3 is 17.9 Å². The van der Waals surface area contributed by atoms with Gasteiger partial charge in [-0.05, 0) is 38.5 Å². The van der Waals surface area contributed by atoms with Crippen LogP contribution < -0.4 is 0 Å². The van der Waals surface area contributed by atoms with E-state index in [0.717, 1.165) is 38.5 Å². The Morgan fingerprint density at radius 1 is 0.537 bits per heavy atom. The molecule has 0 aromatic heterocycles. The molecule has 0 aliphatic heterocycles. The van der Waals surface area contributed by atoms with Crippen LogP contribution in [0.15, 0.2) is 12.2 Å². The molecule has 54 heavy (non-hydrogen) atoms. The van der Waals surface area contributed by atoms with Gasteiger partial charge in [-0.3, -0.25) is 9.59 Å². The lowest BCUT2D eigenvalue weighted by Gasteiger charge is -2.31. The second kappa shape index (κ2) is 38.0. The van der Waals surface area contributed by atoms with Crippen LogP contribution in [0.2, 0.25) is 0 Å². The number of carboxylic acid groups (broad SMARTS) is 1. The molecule has 0 aromatic carbocycles. The normalized spacial score (nSPS) is 13.0. The Labute approximate surface area is 333 Å². The average Bonchev–Trinajstić information content (AvgIpc) is 3.12. The summed E-state index contributed by atoms with van der Waals surface area (Å²) in [6.45, 7) is 4.72. The van der Waals surface area contributed by atoms with Crippen LogP contribution in [0.25, 0.3) is 0 Å². The monoisotopic (exact) mass is 767 g/mol. The molecular weight excluding hydrogens is 679 g/mol. The Hall–Kier alpha value is -1.93. The summed E-state index contributed by atoms with van der Waals surface area (Å²) in [4.78, 5) is 36.8.